The van der Waals surface area contributed by atoms with Crippen molar-refractivity contribution >= 4 is 38.2 Å². The summed E-state index contributed by atoms with van der Waals surface area (Å²) in [6, 6.07) is 8.82. The summed E-state index contributed by atoms with van der Waals surface area (Å²) in [5.74, 6) is -2.24. The van der Waals surface area contributed by atoms with Crippen molar-refractivity contribution in [2.45, 2.75) is 24.4 Å². The zero-order chi connectivity index (χ0) is 24.1. The number of benzene rings is 2. The summed E-state index contributed by atoms with van der Waals surface area (Å²) in [7, 11) is 2.93. The third kappa shape index (κ3) is 4.68. The molecule has 4 rings (SSSR count). The average molecular weight is 492 g/mol. The van der Waals surface area contributed by atoms with E-state index in [2.05, 4.69) is 0 Å². The van der Waals surface area contributed by atoms with Crippen molar-refractivity contribution in [2.24, 2.45) is 0 Å². The smallest absolute Gasteiger partial charge is 0.469 e. The van der Waals surface area contributed by atoms with Crippen LogP contribution < -0.4 is 5.43 Å². The molecule has 0 bridgehead atoms. The molecule has 3 atom stereocenters. The fraction of sp³-hybridized carbons (Fsp3) is 0.286. The number of halogens is 1. The summed E-state index contributed by atoms with van der Waals surface area (Å²) >= 11 is 6.25. The highest BCUT2D eigenvalue weighted by Gasteiger charge is 2.40. The van der Waals surface area contributed by atoms with Crippen molar-refractivity contribution in [2.75, 3.05) is 13.6 Å². The second kappa shape index (κ2) is 8.79. The summed E-state index contributed by atoms with van der Waals surface area (Å²) in [6.07, 6.45) is -0.974. The van der Waals surface area contributed by atoms with Gasteiger partial charge in [0.05, 0.1) is 19.0 Å². The molecule has 2 aromatic carbocycles. The normalized spacial score (nSPS) is 22.0. The lowest BCUT2D eigenvalue weighted by Crippen LogP contribution is -2.48. The molecule has 1 saturated heterocycles. The molecule has 9 nitrogen and oxygen atoms in total. The Balaban J connectivity index is 1.98. The van der Waals surface area contributed by atoms with E-state index in [1.165, 1.54) is 6.07 Å². The van der Waals surface area contributed by atoms with Gasteiger partial charge in [0.2, 0.25) is 0 Å². The Morgan fingerprint density at radius 2 is 1.91 bits per heavy atom. The lowest BCUT2D eigenvalue weighted by atomic mass is 9.76. The minimum atomic E-state index is -4.90. The van der Waals surface area contributed by atoms with E-state index in [4.69, 9.17) is 28.4 Å². The molecule has 0 spiro atoms. The predicted octanol–water partition coefficient (Wildman–Crippen LogP) is 2.92. The predicted molar refractivity (Wildman–Crippen MR) is 123 cm³/mol. The van der Waals surface area contributed by atoms with Gasteiger partial charge in [-0.15, -0.1) is 0 Å². The number of likely N-dealkylation sites (N-methyl/N-ethyl adjacent to an activating group) is 1. The largest absolute Gasteiger partial charge is 0.507 e. The Morgan fingerprint density at radius 3 is 2.58 bits per heavy atom. The van der Waals surface area contributed by atoms with Gasteiger partial charge in [0.25, 0.3) is 0 Å². The van der Waals surface area contributed by atoms with Crippen LogP contribution in [-0.4, -0.2) is 58.4 Å². The molecule has 3 aromatic rings. The molecule has 1 fully saturated rings. The number of rotatable bonds is 4. The number of phosphoric ester groups is 1. The number of nitrogens with zero attached hydrogens (tertiary/aromatic N) is 1. The van der Waals surface area contributed by atoms with Crippen LogP contribution in [0.5, 0.6) is 11.5 Å². The van der Waals surface area contributed by atoms with Gasteiger partial charge in [-0.25, -0.2) is 4.57 Å². The van der Waals surface area contributed by atoms with Crippen molar-refractivity contribution < 1.29 is 33.5 Å². The second-order valence-corrected chi connectivity index (χ2v) is 9.57. The van der Waals surface area contributed by atoms with Gasteiger partial charge in [0.15, 0.2) is 5.43 Å². The first-order valence-corrected chi connectivity index (χ1v) is 11.8. The first-order valence-electron chi connectivity index (χ1n) is 9.93. The van der Waals surface area contributed by atoms with E-state index < -0.39 is 42.7 Å². The summed E-state index contributed by atoms with van der Waals surface area (Å²) in [4.78, 5) is 33.5. The lowest BCUT2D eigenvalue weighted by molar-refractivity contribution is 0.0458. The number of hydrogen-bond acceptors (Lipinski definition) is 7. The first kappa shape index (κ1) is 23.8. The third-order valence-corrected chi connectivity index (χ3v) is 6.63. The van der Waals surface area contributed by atoms with Gasteiger partial charge in [-0.1, -0.05) is 23.7 Å². The SMILES string of the molecule is [B]C1C[C@H](c2c(O)cc(O)c3c(=O)cc(-c4ccccc4Cl)oc23)[C@H](OP(=O)(O)O)CN1C. The molecule has 1 aliphatic rings. The topological polar surface area (TPSA) is 141 Å². The van der Waals surface area contributed by atoms with Gasteiger partial charge in [0, 0.05) is 35.7 Å². The number of aromatic hydroxyl groups is 2. The van der Waals surface area contributed by atoms with Crippen LogP contribution in [0.25, 0.3) is 22.3 Å². The van der Waals surface area contributed by atoms with E-state index in [0.29, 0.717) is 10.6 Å². The van der Waals surface area contributed by atoms with Crippen LogP contribution in [-0.2, 0) is 9.09 Å². The molecule has 4 N–H and O–H groups in total. The maximum absolute atomic E-state index is 12.9. The molecule has 0 aliphatic carbocycles. The molecule has 1 aliphatic heterocycles. The van der Waals surface area contributed by atoms with Crippen molar-refractivity contribution in [1.82, 2.24) is 4.90 Å². The number of phenols is 2. The van der Waals surface area contributed by atoms with Crippen LogP contribution >= 0.6 is 19.4 Å². The third-order valence-electron chi connectivity index (χ3n) is 5.76. The van der Waals surface area contributed by atoms with E-state index in [-0.39, 0.29) is 35.3 Å². The minimum Gasteiger partial charge on any atom is -0.507 e. The monoisotopic (exact) mass is 491 g/mol. The molecule has 12 heteroatoms. The molecular weight excluding hydrogens is 471 g/mol. The van der Waals surface area contributed by atoms with Gasteiger partial charge in [0.1, 0.15) is 28.2 Å². The molecular formula is C21H20BClNO8P. The van der Waals surface area contributed by atoms with Crippen LogP contribution in [0, 0.1) is 0 Å². The number of hydrogen-bond donors (Lipinski definition) is 4. The molecule has 0 saturated carbocycles. The Kier molecular flexibility index (Phi) is 6.35. The molecule has 2 heterocycles. The number of phosphoric acid groups is 1. The maximum Gasteiger partial charge on any atom is 0.469 e. The fourth-order valence-electron chi connectivity index (χ4n) is 4.20. The Bertz CT molecular complexity index is 1330. The number of fused-ring (bicyclic) bond motifs is 1. The first-order chi connectivity index (χ1) is 15.5. The molecule has 172 valence electrons. The van der Waals surface area contributed by atoms with Gasteiger partial charge >= 0.3 is 7.82 Å². The lowest BCUT2D eigenvalue weighted by Gasteiger charge is -2.41. The summed E-state index contributed by atoms with van der Waals surface area (Å²) < 4.78 is 22.6. The van der Waals surface area contributed by atoms with Gasteiger partial charge in [-0.3, -0.25) is 9.32 Å². The van der Waals surface area contributed by atoms with Gasteiger partial charge < -0.3 is 29.3 Å². The highest BCUT2D eigenvalue weighted by atomic mass is 35.5. The second-order valence-electron chi connectivity index (χ2n) is 7.97. The fourth-order valence-corrected chi connectivity index (χ4v) is 4.99. The Morgan fingerprint density at radius 1 is 1.21 bits per heavy atom. The summed E-state index contributed by atoms with van der Waals surface area (Å²) in [5.41, 5.74) is -0.267. The molecule has 0 amide bonds. The van der Waals surface area contributed by atoms with Gasteiger partial charge in [-0.2, -0.15) is 0 Å². The summed E-state index contributed by atoms with van der Waals surface area (Å²) in [5, 5.41) is 21.3. The van der Waals surface area contributed by atoms with Crippen LogP contribution in [0.15, 0.2) is 45.6 Å². The number of phenolic OH excluding ortho intramolecular Hbond substituents is 2. The average Bonchev–Trinajstić information content (AvgIpc) is 2.70. The maximum atomic E-state index is 12.9. The van der Waals surface area contributed by atoms with E-state index in [0.717, 1.165) is 6.07 Å². The van der Waals surface area contributed by atoms with Crippen LogP contribution in [0.3, 0.4) is 0 Å². The van der Waals surface area contributed by atoms with Crippen LogP contribution in [0.4, 0.5) is 0 Å². The van der Waals surface area contributed by atoms with E-state index >= 15 is 0 Å². The summed E-state index contributed by atoms with van der Waals surface area (Å²) in [6.45, 7) is 0.0349. The van der Waals surface area contributed by atoms with E-state index in [1.54, 1.807) is 36.2 Å². The molecule has 2 radical (unpaired) electrons. The molecule has 1 aromatic heterocycles. The zero-order valence-corrected chi connectivity index (χ0v) is 19.0. The van der Waals surface area contributed by atoms with E-state index in [1.807, 2.05) is 0 Å². The van der Waals surface area contributed by atoms with Crippen molar-refractivity contribution in [3.63, 3.8) is 0 Å². The number of piperidine rings is 1. The van der Waals surface area contributed by atoms with Crippen molar-refractivity contribution in [3.05, 3.63) is 57.2 Å². The van der Waals surface area contributed by atoms with Crippen LogP contribution in [0.2, 0.25) is 5.02 Å². The van der Waals surface area contributed by atoms with Crippen molar-refractivity contribution in [1.29, 1.82) is 0 Å². The highest BCUT2D eigenvalue weighted by Crippen LogP contribution is 2.48. The standard InChI is InChI=1S/C21H20BClNO8P/c1-24-9-17(32-33(28,29)30)11(6-18(24)22)19-13(25)7-14(26)20-15(27)8-16(31-21(19)20)10-4-2-3-5-12(10)23/h2-5,7-8,11,17-18,25-26H,6,9H2,1H3,(H2,28,29,30)/t11-,17+,18?/m0/s1. The number of likely N-dealkylation sites (tertiary alicyclic amines) is 1. The highest BCUT2D eigenvalue weighted by molar-refractivity contribution is 7.46. The van der Waals surface area contributed by atoms with Crippen molar-refractivity contribution in [3.8, 4) is 22.8 Å². The minimum absolute atomic E-state index is 0.0349. The molecule has 1 unspecified atom stereocenters. The van der Waals surface area contributed by atoms with Crippen LogP contribution in [0.1, 0.15) is 17.9 Å². The Hall–Kier alpha value is -2.33. The van der Waals surface area contributed by atoms with Gasteiger partial charge in [-0.05, 0) is 31.5 Å². The quantitative estimate of drug-likeness (QED) is 0.320. The van der Waals surface area contributed by atoms with E-state index in [9.17, 15) is 29.4 Å². The zero-order valence-electron chi connectivity index (χ0n) is 17.4. The molecule has 33 heavy (non-hydrogen) atoms. The Labute approximate surface area is 194 Å².